The van der Waals surface area contributed by atoms with Crippen LogP contribution >= 0.6 is 0 Å². The number of benzene rings is 2. The number of aryl methyl sites for hydroxylation is 1. The summed E-state index contributed by atoms with van der Waals surface area (Å²) in [6.45, 7) is 4.82. The molecule has 104 valence electrons. The lowest BCUT2D eigenvalue weighted by atomic mass is 10.1. The maximum atomic E-state index is 13.1. The summed E-state index contributed by atoms with van der Waals surface area (Å²) in [5.41, 5.74) is 11.8. The van der Waals surface area contributed by atoms with Gasteiger partial charge in [-0.15, -0.1) is 0 Å². The number of hydrogen-bond donors (Lipinski definition) is 1. The third kappa shape index (κ3) is 2.54. The van der Waals surface area contributed by atoms with E-state index in [0.29, 0.717) is 0 Å². The molecule has 0 amide bonds. The third-order valence-corrected chi connectivity index (χ3v) is 4.09. The minimum Gasteiger partial charge on any atom is -0.398 e. The third-order valence-electron chi connectivity index (χ3n) is 4.09. The predicted octanol–water partition coefficient (Wildman–Crippen LogP) is 3.27. The maximum Gasteiger partial charge on any atom is 0.123 e. The second-order valence-corrected chi connectivity index (χ2v) is 5.52. The van der Waals surface area contributed by atoms with Gasteiger partial charge < -0.3 is 5.73 Å². The molecular formula is C17H19FN2. The van der Waals surface area contributed by atoms with E-state index >= 15 is 0 Å². The second-order valence-electron chi connectivity index (χ2n) is 5.52. The molecule has 0 bridgehead atoms. The molecular weight excluding hydrogens is 251 g/mol. The maximum absolute atomic E-state index is 13.1. The summed E-state index contributed by atoms with van der Waals surface area (Å²) in [4.78, 5) is 2.39. The van der Waals surface area contributed by atoms with Crippen molar-refractivity contribution in [2.75, 3.05) is 12.3 Å². The summed E-state index contributed by atoms with van der Waals surface area (Å²) in [5.74, 6) is -0.160. The smallest absolute Gasteiger partial charge is 0.123 e. The number of hydrogen-bond acceptors (Lipinski definition) is 2. The van der Waals surface area contributed by atoms with Crippen molar-refractivity contribution in [3.63, 3.8) is 0 Å². The Hall–Kier alpha value is -1.87. The molecule has 0 unspecified atom stereocenters. The van der Waals surface area contributed by atoms with E-state index in [2.05, 4.69) is 11.0 Å². The fraction of sp³-hybridized carbons (Fsp3) is 0.294. The Balaban J connectivity index is 1.65. The van der Waals surface area contributed by atoms with Gasteiger partial charge in [-0.1, -0.05) is 18.2 Å². The minimum absolute atomic E-state index is 0.160. The van der Waals surface area contributed by atoms with E-state index in [1.807, 2.05) is 25.1 Å². The number of nitrogen functional groups attached to an aromatic ring is 1. The molecule has 0 saturated heterocycles. The topological polar surface area (TPSA) is 29.3 Å². The van der Waals surface area contributed by atoms with E-state index in [1.165, 1.54) is 16.7 Å². The highest BCUT2D eigenvalue weighted by Crippen LogP contribution is 2.27. The summed E-state index contributed by atoms with van der Waals surface area (Å²) in [6.07, 6.45) is 0.944. The number of anilines is 1. The summed E-state index contributed by atoms with van der Waals surface area (Å²) in [5, 5.41) is 0. The zero-order valence-electron chi connectivity index (χ0n) is 11.7. The quantitative estimate of drug-likeness (QED) is 0.867. The first-order valence-corrected chi connectivity index (χ1v) is 6.97. The fourth-order valence-electron chi connectivity index (χ4n) is 2.89. The van der Waals surface area contributed by atoms with E-state index in [9.17, 15) is 4.39 Å². The minimum atomic E-state index is -0.160. The molecule has 3 heteroatoms. The van der Waals surface area contributed by atoms with Crippen molar-refractivity contribution in [2.24, 2.45) is 0 Å². The summed E-state index contributed by atoms with van der Waals surface area (Å²) in [7, 11) is 0. The van der Waals surface area contributed by atoms with Crippen LogP contribution in [0.15, 0.2) is 36.4 Å². The SMILES string of the molecule is Cc1cc(F)ccc1CCN1Cc2cccc(N)c2C1. The normalized spacial score (nSPS) is 14.5. The van der Waals surface area contributed by atoms with Crippen LogP contribution in [-0.2, 0) is 19.5 Å². The predicted molar refractivity (Wildman–Crippen MR) is 79.8 cm³/mol. The van der Waals surface area contributed by atoms with Crippen LogP contribution in [0, 0.1) is 12.7 Å². The molecule has 0 radical (unpaired) electrons. The molecule has 0 fully saturated rings. The number of halogens is 1. The molecule has 2 aromatic carbocycles. The Morgan fingerprint density at radius 2 is 2.05 bits per heavy atom. The molecule has 2 aromatic rings. The summed E-state index contributed by atoms with van der Waals surface area (Å²) in [6, 6.07) is 11.2. The van der Waals surface area contributed by atoms with Crippen molar-refractivity contribution in [1.82, 2.24) is 4.90 Å². The number of fused-ring (bicyclic) bond motifs is 1. The van der Waals surface area contributed by atoms with Crippen LogP contribution in [0.3, 0.4) is 0 Å². The van der Waals surface area contributed by atoms with E-state index in [4.69, 9.17) is 5.73 Å². The van der Waals surface area contributed by atoms with Crippen molar-refractivity contribution >= 4 is 5.69 Å². The van der Waals surface area contributed by atoms with Crippen molar-refractivity contribution < 1.29 is 4.39 Å². The van der Waals surface area contributed by atoms with Crippen LogP contribution in [0.25, 0.3) is 0 Å². The lowest BCUT2D eigenvalue weighted by Crippen LogP contribution is -2.19. The van der Waals surface area contributed by atoms with Gasteiger partial charge in [-0.25, -0.2) is 4.39 Å². The van der Waals surface area contributed by atoms with E-state index < -0.39 is 0 Å². The van der Waals surface area contributed by atoms with Gasteiger partial charge in [0, 0.05) is 25.3 Å². The van der Waals surface area contributed by atoms with Gasteiger partial charge in [0.2, 0.25) is 0 Å². The summed E-state index contributed by atoms with van der Waals surface area (Å²) >= 11 is 0. The molecule has 20 heavy (non-hydrogen) atoms. The average molecular weight is 270 g/mol. The van der Waals surface area contributed by atoms with Gasteiger partial charge >= 0.3 is 0 Å². The zero-order chi connectivity index (χ0) is 14.1. The Morgan fingerprint density at radius 1 is 1.20 bits per heavy atom. The highest BCUT2D eigenvalue weighted by molar-refractivity contribution is 5.52. The first kappa shape index (κ1) is 13.1. The molecule has 0 saturated carbocycles. The van der Waals surface area contributed by atoms with Crippen LogP contribution in [0.5, 0.6) is 0 Å². The van der Waals surface area contributed by atoms with E-state index in [-0.39, 0.29) is 5.82 Å². The molecule has 0 aliphatic carbocycles. The lowest BCUT2D eigenvalue weighted by Gasteiger charge is -2.15. The lowest BCUT2D eigenvalue weighted by molar-refractivity contribution is 0.288. The molecule has 0 aromatic heterocycles. The Morgan fingerprint density at radius 3 is 2.80 bits per heavy atom. The van der Waals surface area contributed by atoms with Crippen LogP contribution in [0.4, 0.5) is 10.1 Å². The second kappa shape index (κ2) is 5.25. The van der Waals surface area contributed by atoms with Crippen LogP contribution in [0.2, 0.25) is 0 Å². The Kier molecular flexibility index (Phi) is 3.45. The monoisotopic (exact) mass is 270 g/mol. The fourth-order valence-corrected chi connectivity index (χ4v) is 2.89. The molecule has 0 atom stereocenters. The molecule has 1 aliphatic rings. The highest BCUT2D eigenvalue weighted by atomic mass is 19.1. The van der Waals surface area contributed by atoms with Gasteiger partial charge in [0.25, 0.3) is 0 Å². The number of nitrogens with two attached hydrogens (primary N) is 1. The van der Waals surface area contributed by atoms with Crippen molar-refractivity contribution in [2.45, 2.75) is 26.4 Å². The molecule has 1 aliphatic heterocycles. The largest absolute Gasteiger partial charge is 0.398 e. The number of nitrogens with zero attached hydrogens (tertiary/aromatic N) is 1. The van der Waals surface area contributed by atoms with Crippen LogP contribution < -0.4 is 5.73 Å². The summed E-state index contributed by atoms with van der Waals surface area (Å²) < 4.78 is 13.1. The average Bonchev–Trinajstić information content (AvgIpc) is 2.82. The van der Waals surface area contributed by atoms with Gasteiger partial charge in [0.1, 0.15) is 5.82 Å². The first-order chi connectivity index (χ1) is 9.63. The van der Waals surface area contributed by atoms with Crippen LogP contribution in [-0.4, -0.2) is 11.4 Å². The van der Waals surface area contributed by atoms with Gasteiger partial charge in [0.15, 0.2) is 0 Å². The van der Waals surface area contributed by atoms with Crippen molar-refractivity contribution in [3.8, 4) is 0 Å². The van der Waals surface area contributed by atoms with Crippen molar-refractivity contribution in [3.05, 3.63) is 64.5 Å². The first-order valence-electron chi connectivity index (χ1n) is 6.97. The van der Waals surface area contributed by atoms with E-state index in [1.54, 1.807) is 12.1 Å². The Bertz CT molecular complexity index is 637. The highest BCUT2D eigenvalue weighted by Gasteiger charge is 2.20. The zero-order valence-corrected chi connectivity index (χ0v) is 11.7. The van der Waals surface area contributed by atoms with Gasteiger partial charge in [-0.05, 0) is 53.8 Å². The van der Waals surface area contributed by atoms with Crippen molar-refractivity contribution in [1.29, 1.82) is 0 Å². The Labute approximate surface area is 119 Å². The van der Waals surface area contributed by atoms with Gasteiger partial charge in [-0.3, -0.25) is 4.90 Å². The van der Waals surface area contributed by atoms with Crippen LogP contribution in [0.1, 0.15) is 22.3 Å². The molecule has 3 rings (SSSR count). The van der Waals surface area contributed by atoms with Gasteiger partial charge in [0.05, 0.1) is 0 Å². The standard InChI is InChI=1S/C17H19FN2/c1-12-9-15(18)6-5-13(12)7-8-20-10-14-3-2-4-17(19)16(14)11-20/h2-6,9H,7-8,10-11,19H2,1H3. The van der Waals surface area contributed by atoms with Gasteiger partial charge in [-0.2, -0.15) is 0 Å². The number of rotatable bonds is 3. The molecule has 2 N–H and O–H groups in total. The van der Waals surface area contributed by atoms with E-state index in [0.717, 1.165) is 37.3 Å². The molecule has 2 nitrogen and oxygen atoms in total. The molecule has 1 heterocycles. The molecule has 0 spiro atoms.